The maximum atomic E-state index is 12.5. The molecule has 3 rings (SSSR count). The third-order valence-corrected chi connectivity index (χ3v) is 5.95. The van der Waals surface area contributed by atoms with Gasteiger partial charge in [-0.1, -0.05) is 29.8 Å². The molecule has 7 nitrogen and oxygen atoms in total. The van der Waals surface area contributed by atoms with Crippen LogP contribution in [0.25, 0.3) is 0 Å². The molecule has 0 saturated heterocycles. The van der Waals surface area contributed by atoms with Crippen LogP contribution in [0.15, 0.2) is 71.6 Å². The zero-order valence-electron chi connectivity index (χ0n) is 17.4. The molecule has 0 atom stereocenters. The molecule has 0 fully saturated rings. The third-order valence-electron chi connectivity index (χ3n) is 4.53. The molecule has 166 valence electrons. The second-order valence-corrected chi connectivity index (χ2v) is 9.46. The maximum absolute atomic E-state index is 12.5. The van der Waals surface area contributed by atoms with Crippen LogP contribution in [0.1, 0.15) is 26.3 Å². The van der Waals surface area contributed by atoms with Crippen molar-refractivity contribution < 1.29 is 22.7 Å². The normalized spacial score (nSPS) is 11.1. The lowest BCUT2D eigenvalue weighted by Crippen LogP contribution is -2.14. The monoisotopic (exact) mass is 472 g/mol. The van der Waals surface area contributed by atoms with E-state index in [-0.39, 0.29) is 21.4 Å². The number of carbonyl (C=O) groups excluding carboxylic acids is 2. The summed E-state index contributed by atoms with van der Waals surface area (Å²) in [5.74, 6) is -0.815. The van der Waals surface area contributed by atoms with Gasteiger partial charge in [0.1, 0.15) is 0 Å². The number of nitrogens with one attached hydrogen (secondary N) is 2. The molecule has 32 heavy (non-hydrogen) atoms. The topological polar surface area (TPSA) is 102 Å². The molecule has 0 unspecified atom stereocenters. The Labute approximate surface area is 191 Å². The minimum Gasteiger partial charge on any atom is -0.380 e. The first-order chi connectivity index (χ1) is 15.2. The number of rotatable bonds is 7. The molecule has 0 bridgehead atoms. The molecule has 0 aliphatic carbocycles. The van der Waals surface area contributed by atoms with E-state index in [0.29, 0.717) is 23.5 Å². The first kappa shape index (κ1) is 23.5. The van der Waals surface area contributed by atoms with Gasteiger partial charge in [-0.25, -0.2) is 8.42 Å². The number of methoxy groups -OCH3 is 1. The molecule has 0 aromatic heterocycles. The molecule has 2 amide bonds. The molecule has 2 N–H and O–H groups in total. The molecule has 0 spiro atoms. The lowest BCUT2D eigenvalue weighted by atomic mass is 10.1. The highest BCUT2D eigenvalue weighted by molar-refractivity contribution is 7.90. The van der Waals surface area contributed by atoms with Crippen LogP contribution in [0.5, 0.6) is 0 Å². The number of hydrogen-bond donors (Lipinski definition) is 2. The number of carbonyl (C=O) groups is 2. The Morgan fingerprint density at radius 1 is 0.906 bits per heavy atom. The first-order valence-corrected chi connectivity index (χ1v) is 11.7. The van der Waals surface area contributed by atoms with Crippen molar-refractivity contribution in [3.05, 3.63) is 88.4 Å². The van der Waals surface area contributed by atoms with Crippen LogP contribution in [0, 0.1) is 0 Å². The Hall–Kier alpha value is -3.20. The summed E-state index contributed by atoms with van der Waals surface area (Å²) in [6, 6.07) is 17.4. The van der Waals surface area contributed by atoms with E-state index < -0.39 is 15.7 Å². The van der Waals surface area contributed by atoms with Gasteiger partial charge in [-0.2, -0.15) is 0 Å². The van der Waals surface area contributed by atoms with Crippen molar-refractivity contribution in [1.82, 2.24) is 0 Å². The smallest absolute Gasteiger partial charge is 0.255 e. The molecule has 3 aromatic carbocycles. The predicted molar refractivity (Wildman–Crippen MR) is 124 cm³/mol. The van der Waals surface area contributed by atoms with Crippen molar-refractivity contribution >= 4 is 44.6 Å². The van der Waals surface area contributed by atoms with Crippen molar-refractivity contribution in [2.45, 2.75) is 11.5 Å². The zero-order valence-corrected chi connectivity index (χ0v) is 19.0. The van der Waals surface area contributed by atoms with Gasteiger partial charge in [0.15, 0.2) is 9.84 Å². The largest absolute Gasteiger partial charge is 0.380 e. The number of sulfone groups is 1. The molecular formula is C23H21ClN2O5S. The summed E-state index contributed by atoms with van der Waals surface area (Å²) in [5, 5.41) is 5.61. The number of hydrogen-bond acceptors (Lipinski definition) is 5. The summed E-state index contributed by atoms with van der Waals surface area (Å²) in [4.78, 5) is 25.0. The molecule has 0 saturated carbocycles. The fourth-order valence-corrected chi connectivity index (χ4v) is 3.77. The van der Waals surface area contributed by atoms with Gasteiger partial charge < -0.3 is 15.4 Å². The highest BCUT2D eigenvalue weighted by Crippen LogP contribution is 2.26. The molecule has 9 heteroatoms. The predicted octanol–water partition coefficient (Wildman–Crippen LogP) is 4.39. The second-order valence-electron chi connectivity index (χ2n) is 7.03. The summed E-state index contributed by atoms with van der Waals surface area (Å²) in [6.07, 6.45) is 1.07. The van der Waals surface area contributed by atoms with E-state index in [1.54, 1.807) is 31.4 Å². The molecular weight excluding hydrogens is 452 g/mol. The minimum atomic E-state index is -3.44. The summed E-state index contributed by atoms with van der Waals surface area (Å²) < 4.78 is 28.5. The Kier molecular flexibility index (Phi) is 7.29. The van der Waals surface area contributed by atoms with Crippen LogP contribution in [-0.4, -0.2) is 33.6 Å². The van der Waals surface area contributed by atoms with Crippen LogP contribution in [0.4, 0.5) is 11.4 Å². The first-order valence-electron chi connectivity index (χ1n) is 9.47. The second kappa shape index (κ2) is 9.95. The molecule has 3 aromatic rings. The highest BCUT2D eigenvalue weighted by Gasteiger charge is 2.14. The fraction of sp³-hybridized carbons (Fsp3) is 0.130. The summed E-state index contributed by atoms with van der Waals surface area (Å²) in [6.45, 7) is 0.462. The average molecular weight is 473 g/mol. The van der Waals surface area contributed by atoms with Gasteiger partial charge in [-0.15, -0.1) is 0 Å². The average Bonchev–Trinajstić information content (AvgIpc) is 2.76. The number of benzene rings is 3. The van der Waals surface area contributed by atoms with Crippen molar-refractivity contribution in [2.75, 3.05) is 24.0 Å². The van der Waals surface area contributed by atoms with E-state index in [0.717, 1.165) is 11.8 Å². The van der Waals surface area contributed by atoms with Crippen molar-refractivity contribution in [3.63, 3.8) is 0 Å². The van der Waals surface area contributed by atoms with Crippen molar-refractivity contribution in [2.24, 2.45) is 0 Å². The summed E-state index contributed by atoms with van der Waals surface area (Å²) in [5.41, 5.74) is 2.39. The van der Waals surface area contributed by atoms with E-state index in [9.17, 15) is 18.0 Å². The Morgan fingerprint density at radius 2 is 1.59 bits per heavy atom. The van der Waals surface area contributed by atoms with Crippen LogP contribution < -0.4 is 10.6 Å². The van der Waals surface area contributed by atoms with Gasteiger partial charge in [0.05, 0.1) is 22.2 Å². The van der Waals surface area contributed by atoms with E-state index in [1.165, 1.54) is 30.3 Å². The van der Waals surface area contributed by atoms with E-state index >= 15 is 0 Å². The van der Waals surface area contributed by atoms with Crippen molar-refractivity contribution in [1.29, 1.82) is 0 Å². The Morgan fingerprint density at radius 3 is 2.22 bits per heavy atom. The van der Waals surface area contributed by atoms with Gasteiger partial charge >= 0.3 is 0 Å². The van der Waals surface area contributed by atoms with E-state index in [1.807, 2.05) is 12.1 Å². The van der Waals surface area contributed by atoms with Crippen LogP contribution in [-0.2, 0) is 21.2 Å². The standard InChI is InChI=1S/C23H21ClN2O5S/c1-31-14-15-6-8-16(9-7-15)22(27)25-18-10-11-21(20(24)13-18)26-23(28)17-4-3-5-19(12-17)32(2,29)30/h3-13H,14H2,1-2H3,(H,25,27)(H,26,28). The number of anilines is 2. The van der Waals surface area contributed by atoms with Gasteiger partial charge in [0.25, 0.3) is 11.8 Å². The molecule has 0 aliphatic heterocycles. The number of amides is 2. The lowest BCUT2D eigenvalue weighted by Gasteiger charge is -2.11. The number of ether oxygens (including phenoxy) is 1. The molecule has 0 heterocycles. The van der Waals surface area contributed by atoms with Crippen molar-refractivity contribution in [3.8, 4) is 0 Å². The summed E-state index contributed by atoms with van der Waals surface area (Å²) in [7, 11) is -1.84. The summed E-state index contributed by atoms with van der Waals surface area (Å²) >= 11 is 6.27. The molecule has 0 aliphatic rings. The van der Waals surface area contributed by atoms with Crippen LogP contribution in [0.3, 0.4) is 0 Å². The minimum absolute atomic E-state index is 0.0459. The fourth-order valence-electron chi connectivity index (χ4n) is 2.88. The van der Waals surface area contributed by atoms with Gasteiger partial charge in [0.2, 0.25) is 0 Å². The third kappa shape index (κ3) is 5.94. The zero-order chi connectivity index (χ0) is 23.3. The quantitative estimate of drug-likeness (QED) is 0.531. The highest BCUT2D eigenvalue weighted by atomic mass is 35.5. The maximum Gasteiger partial charge on any atom is 0.255 e. The lowest BCUT2D eigenvalue weighted by molar-refractivity contribution is 0.101. The van der Waals surface area contributed by atoms with Gasteiger partial charge in [0, 0.05) is 30.2 Å². The van der Waals surface area contributed by atoms with E-state index in [2.05, 4.69) is 10.6 Å². The van der Waals surface area contributed by atoms with Crippen LogP contribution in [0.2, 0.25) is 5.02 Å². The molecule has 0 radical (unpaired) electrons. The van der Waals surface area contributed by atoms with E-state index in [4.69, 9.17) is 16.3 Å². The number of halogens is 1. The van der Waals surface area contributed by atoms with Gasteiger partial charge in [-0.05, 0) is 54.1 Å². The Balaban J connectivity index is 1.70. The van der Waals surface area contributed by atoms with Crippen LogP contribution >= 0.6 is 11.6 Å². The van der Waals surface area contributed by atoms with Gasteiger partial charge in [-0.3, -0.25) is 9.59 Å². The SMILES string of the molecule is COCc1ccc(C(=O)Nc2ccc(NC(=O)c3cccc(S(C)(=O)=O)c3)c(Cl)c2)cc1. The Bertz CT molecular complexity index is 1260.